The van der Waals surface area contributed by atoms with E-state index in [2.05, 4.69) is 0 Å². The smallest absolute Gasteiger partial charge is 0.0733 e. The van der Waals surface area contributed by atoms with Gasteiger partial charge in [-0.15, -0.1) is 0 Å². The number of aliphatic hydroxyl groups is 2. The second-order valence-corrected chi connectivity index (χ2v) is 3.36. The predicted molar refractivity (Wildman–Crippen MR) is 56.9 cm³/mol. The van der Waals surface area contributed by atoms with Crippen molar-refractivity contribution in [2.75, 3.05) is 26.4 Å². The van der Waals surface area contributed by atoms with E-state index in [1.165, 1.54) is 5.23 Å². The molecule has 0 aromatic heterocycles. The quantitative estimate of drug-likeness (QED) is 0.420. The maximum Gasteiger partial charge on any atom is 0.0733 e. The van der Waals surface area contributed by atoms with E-state index in [9.17, 15) is 0 Å². The molecule has 0 aliphatic rings. The molecule has 0 saturated heterocycles. The van der Waals surface area contributed by atoms with E-state index in [4.69, 9.17) is 19.9 Å². The number of hydrogen-bond acceptors (Lipinski definition) is 5. The first-order valence-electron chi connectivity index (χ1n) is 5.53. The topological polar surface area (TPSA) is 62.2 Å². The van der Waals surface area contributed by atoms with Gasteiger partial charge in [-0.25, -0.2) is 0 Å². The van der Waals surface area contributed by atoms with Gasteiger partial charge < -0.3 is 10.2 Å². The summed E-state index contributed by atoms with van der Waals surface area (Å²) in [7, 11) is 0. The summed E-state index contributed by atoms with van der Waals surface area (Å²) in [5, 5.41) is 18.7. The molecule has 0 spiro atoms. The number of hydrogen-bond donors (Lipinski definition) is 2. The molecule has 0 bridgehead atoms. The van der Waals surface area contributed by atoms with Crippen LogP contribution in [0.5, 0.6) is 0 Å². The highest BCUT2D eigenvalue weighted by Gasteiger charge is 2.13. The van der Waals surface area contributed by atoms with E-state index in [1.54, 1.807) is 0 Å². The van der Waals surface area contributed by atoms with Crippen LogP contribution in [-0.2, 0) is 9.68 Å². The van der Waals surface area contributed by atoms with Crippen LogP contribution < -0.4 is 0 Å². The third kappa shape index (κ3) is 7.70. The third-order valence-corrected chi connectivity index (χ3v) is 1.99. The molecule has 2 N–H and O–H groups in total. The second-order valence-electron chi connectivity index (χ2n) is 3.36. The molecule has 5 heteroatoms. The van der Waals surface area contributed by atoms with Gasteiger partial charge in [0, 0.05) is 13.2 Å². The van der Waals surface area contributed by atoms with Crippen molar-refractivity contribution in [1.29, 1.82) is 0 Å². The zero-order valence-corrected chi connectivity index (χ0v) is 9.69. The Bertz CT molecular complexity index is 125. The Labute approximate surface area is 91.5 Å². The molecule has 0 aromatic rings. The number of rotatable bonds is 10. The Balaban J connectivity index is 3.73. The van der Waals surface area contributed by atoms with Crippen LogP contribution in [0.3, 0.4) is 0 Å². The lowest BCUT2D eigenvalue weighted by Crippen LogP contribution is -2.34. The van der Waals surface area contributed by atoms with Crippen molar-refractivity contribution >= 4 is 0 Å². The molecule has 0 aliphatic carbocycles. The van der Waals surface area contributed by atoms with Crippen molar-refractivity contribution in [3.8, 4) is 0 Å². The number of hydroxylamine groups is 2. The lowest BCUT2D eigenvalue weighted by Gasteiger charge is -2.26. The van der Waals surface area contributed by atoms with E-state index < -0.39 is 0 Å². The van der Waals surface area contributed by atoms with E-state index in [0.29, 0.717) is 26.1 Å². The first kappa shape index (κ1) is 14.8. The molecule has 5 nitrogen and oxygen atoms in total. The Hall–Kier alpha value is -0.200. The lowest BCUT2D eigenvalue weighted by atomic mass is 10.3. The molecule has 0 rings (SSSR count). The Morgan fingerprint density at radius 3 is 1.87 bits per heavy atom. The van der Waals surface area contributed by atoms with Crippen molar-refractivity contribution in [3.63, 3.8) is 0 Å². The minimum Gasteiger partial charge on any atom is -0.396 e. The monoisotopic (exact) mass is 221 g/mol. The van der Waals surface area contributed by atoms with Crippen LogP contribution in [0.1, 0.15) is 33.1 Å². The molecular formula is C10H23NO4. The molecule has 1 unspecified atom stereocenters. The number of nitrogens with zero attached hydrogens (tertiary/aromatic N) is 1. The number of aliphatic hydroxyl groups excluding tert-OH is 2. The summed E-state index contributed by atoms with van der Waals surface area (Å²) in [5.41, 5.74) is 0. The van der Waals surface area contributed by atoms with Gasteiger partial charge in [0.1, 0.15) is 0 Å². The standard InChI is InChI=1S/C10H23NO4/c1-3-10(2)11(14-8-4-6-12)15-9-5-7-13/h10,12-13H,3-9H2,1-2H3. The Morgan fingerprint density at radius 1 is 1.07 bits per heavy atom. The van der Waals surface area contributed by atoms with Crippen molar-refractivity contribution in [1.82, 2.24) is 5.23 Å². The van der Waals surface area contributed by atoms with Gasteiger partial charge in [0.05, 0.1) is 19.3 Å². The van der Waals surface area contributed by atoms with Crippen LogP contribution in [0.15, 0.2) is 0 Å². The van der Waals surface area contributed by atoms with Crippen molar-refractivity contribution in [2.45, 2.75) is 39.2 Å². The van der Waals surface area contributed by atoms with Crippen molar-refractivity contribution in [2.24, 2.45) is 0 Å². The van der Waals surface area contributed by atoms with E-state index >= 15 is 0 Å². The summed E-state index contributed by atoms with van der Waals surface area (Å²) >= 11 is 0. The van der Waals surface area contributed by atoms with E-state index in [-0.39, 0.29) is 19.3 Å². The van der Waals surface area contributed by atoms with Gasteiger partial charge in [0.25, 0.3) is 0 Å². The molecule has 0 heterocycles. The summed E-state index contributed by atoms with van der Waals surface area (Å²) in [6.07, 6.45) is 2.10. The fourth-order valence-corrected chi connectivity index (χ4v) is 0.879. The summed E-state index contributed by atoms with van der Waals surface area (Å²) in [5.74, 6) is 0. The largest absolute Gasteiger partial charge is 0.396 e. The van der Waals surface area contributed by atoms with Gasteiger partial charge in [-0.3, -0.25) is 9.68 Å². The SMILES string of the molecule is CCC(C)N(OCCCO)OCCCO. The van der Waals surface area contributed by atoms with Crippen LogP contribution in [0.4, 0.5) is 0 Å². The average Bonchev–Trinajstić information content (AvgIpc) is 2.26. The highest BCUT2D eigenvalue weighted by atomic mass is 16.9. The molecule has 0 radical (unpaired) electrons. The van der Waals surface area contributed by atoms with Gasteiger partial charge in [-0.2, -0.15) is 0 Å². The minimum absolute atomic E-state index is 0.116. The van der Waals surface area contributed by atoms with Crippen molar-refractivity contribution < 1.29 is 19.9 Å². The molecule has 0 saturated carbocycles. The molecule has 0 aliphatic heterocycles. The molecular weight excluding hydrogens is 198 g/mol. The molecule has 92 valence electrons. The summed E-state index contributed by atoms with van der Waals surface area (Å²) in [6, 6.07) is 0.169. The molecule has 0 aromatic carbocycles. The van der Waals surface area contributed by atoms with Gasteiger partial charge >= 0.3 is 0 Å². The normalized spacial score (nSPS) is 13.4. The van der Waals surface area contributed by atoms with Crippen LogP contribution in [-0.4, -0.2) is 47.9 Å². The molecule has 15 heavy (non-hydrogen) atoms. The van der Waals surface area contributed by atoms with Gasteiger partial charge in [-0.05, 0) is 26.2 Å². The summed E-state index contributed by atoms with van der Waals surface area (Å²) in [6.45, 7) is 5.16. The van der Waals surface area contributed by atoms with E-state index in [1.807, 2.05) is 13.8 Å². The maximum absolute atomic E-state index is 8.62. The first-order valence-corrected chi connectivity index (χ1v) is 5.53. The van der Waals surface area contributed by atoms with Crippen LogP contribution in [0.25, 0.3) is 0 Å². The summed E-state index contributed by atoms with van der Waals surface area (Å²) < 4.78 is 0. The average molecular weight is 221 g/mol. The Kier molecular flexibility index (Phi) is 10.2. The molecule has 0 fully saturated rings. The predicted octanol–water partition coefficient (Wildman–Crippen LogP) is 0.715. The maximum atomic E-state index is 8.62. The van der Waals surface area contributed by atoms with Crippen LogP contribution in [0.2, 0.25) is 0 Å². The highest BCUT2D eigenvalue weighted by molar-refractivity contribution is 4.48. The minimum atomic E-state index is 0.116. The fraction of sp³-hybridized carbons (Fsp3) is 1.00. The Morgan fingerprint density at radius 2 is 1.53 bits per heavy atom. The summed E-state index contributed by atoms with van der Waals surface area (Å²) in [4.78, 5) is 10.7. The third-order valence-electron chi connectivity index (χ3n) is 1.99. The van der Waals surface area contributed by atoms with Crippen LogP contribution >= 0.6 is 0 Å². The van der Waals surface area contributed by atoms with Gasteiger partial charge in [0.2, 0.25) is 0 Å². The second kappa shape index (κ2) is 10.3. The van der Waals surface area contributed by atoms with Crippen molar-refractivity contribution in [3.05, 3.63) is 0 Å². The van der Waals surface area contributed by atoms with Gasteiger partial charge in [0.15, 0.2) is 0 Å². The molecule has 0 amide bonds. The van der Waals surface area contributed by atoms with Crippen LogP contribution in [0, 0.1) is 0 Å². The zero-order valence-electron chi connectivity index (χ0n) is 9.69. The van der Waals surface area contributed by atoms with Gasteiger partial charge in [-0.1, -0.05) is 12.2 Å². The first-order chi connectivity index (χ1) is 7.26. The highest BCUT2D eigenvalue weighted by Crippen LogP contribution is 2.06. The van der Waals surface area contributed by atoms with E-state index in [0.717, 1.165) is 6.42 Å². The molecule has 1 atom stereocenters. The zero-order chi connectivity index (χ0) is 11.5. The fourth-order valence-electron chi connectivity index (χ4n) is 0.879. The lowest BCUT2D eigenvalue weighted by molar-refractivity contribution is -0.387.